The van der Waals surface area contributed by atoms with Crippen molar-refractivity contribution in [2.24, 2.45) is 5.73 Å². The van der Waals surface area contributed by atoms with Gasteiger partial charge in [-0.15, -0.1) is 11.3 Å². The van der Waals surface area contributed by atoms with E-state index in [2.05, 4.69) is 15.1 Å². The minimum atomic E-state index is -0.434. The molecule has 1 amide bonds. The minimum absolute atomic E-state index is 0.150. The third-order valence-corrected chi connectivity index (χ3v) is 5.50. The summed E-state index contributed by atoms with van der Waals surface area (Å²) in [5.41, 5.74) is 6.76. The van der Waals surface area contributed by atoms with E-state index >= 15 is 0 Å². The fourth-order valence-electron chi connectivity index (χ4n) is 3.27. The highest BCUT2D eigenvalue weighted by Crippen LogP contribution is 2.34. The van der Waals surface area contributed by atoms with Crippen LogP contribution in [0, 0.1) is 0 Å². The fourth-order valence-corrected chi connectivity index (χ4v) is 4.13. The van der Waals surface area contributed by atoms with Crippen LogP contribution in [0.1, 0.15) is 55.9 Å². The number of hydrogen-bond acceptors (Lipinski definition) is 7. The molecule has 0 aromatic carbocycles. The number of aromatic nitrogens is 3. The van der Waals surface area contributed by atoms with Gasteiger partial charge in [0.25, 0.3) is 0 Å². The molecule has 1 saturated heterocycles. The molecule has 0 radical (unpaired) electrons. The van der Waals surface area contributed by atoms with E-state index in [0.717, 1.165) is 49.5 Å². The van der Waals surface area contributed by atoms with E-state index in [1.165, 1.54) is 11.3 Å². The monoisotopic (exact) mass is 333 g/mol. The van der Waals surface area contributed by atoms with Crippen molar-refractivity contribution in [1.29, 1.82) is 0 Å². The number of nitrogens with two attached hydrogens (primary N) is 1. The van der Waals surface area contributed by atoms with Crippen LogP contribution in [0.4, 0.5) is 5.13 Å². The Labute approximate surface area is 137 Å². The summed E-state index contributed by atoms with van der Waals surface area (Å²) in [6.45, 7) is 0.756. The van der Waals surface area contributed by atoms with Crippen LogP contribution in [0.15, 0.2) is 9.90 Å². The highest BCUT2D eigenvalue weighted by atomic mass is 32.1. The first-order valence-corrected chi connectivity index (χ1v) is 8.89. The zero-order valence-electron chi connectivity index (χ0n) is 12.8. The number of rotatable bonds is 4. The summed E-state index contributed by atoms with van der Waals surface area (Å²) in [6.07, 6.45) is 6.02. The van der Waals surface area contributed by atoms with Gasteiger partial charge in [-0.25, -0.2) is 4.98 Å². The van der Waals surface area contributed by atoms with Crippen molar-refractivity contribution in [3.63, 3.8) is 0 Å². The number of carbonyl (C=O) groups is 1. The maximum atomic E-state index is 11.8. The standard InChI is InChI=1S/C15H19N5O2S/c16-15(5-1-2-6-15)13-18-11(22-19-13)8-10-9-23-14(17-10)20-7-3-4-12(20)21/h9H,1-8,16H2. The lowest BCUT2D eigenvalue weighted by molar-refractivity contribution is -0.117. The Morgan fingerprint density at radius 2 is 2.13 bits per heavy atom. The summed E-state index contributed by atoms with van der Waals surface area (Å²) in [5, 5.41) is 6.76. The molecule has 1 saturated carbocycles. The molecule has 0 bridgehead atoms. The van der Waals surface area contributed by atoms with Gasteiger partial charge >= 0.3 is 0 Å². The molecule has 2 aliphatic rings. The van der Waals surface area contributed by atoms with Crippen LogP contribution in [0.3, 0.4) is 0 Å². The predicted molar refractivity (Wildman–Crippen MR) is 85.1 cm³/mol. The lowest BCUT2D eigenvalue weighted by Gasteiger charge is -2.17. The second-order valence-corrected chi connectivity index (χ2v) is 7.16. The molecule has 23 heavy (non-hydrogen) atoms. The highest BCUT2D eigenvalue weighted by molar-refractivity contribution is 7.14. The average Bonchev–Trinajstić information content (AvgIpc) is 3.27. The summed E-state index contributed by atoms with van der Waals surface area (Å²) in [4.78, 5) is 22.5. The number of anilines is 1. The van der Waals surface area contributed by atoms with Crippen LogP contribution in [-0.4, -0.2) is 27.6 Å². The summed E-state index contributed by atoms with van der Waals surface area (Å²) >= 11 is 1.48. The van der Waals surface area contributed by atoms with Crippen molar-refractivity contribution in [2.45, 2.75) is 50.5 Å². The maximum Gasteiger partial charge on any atom is 0.232 e. The zero-order valence-corrected chi connectivity index (χ0v) is 13.6. The number of carbonyl (C=O) groups excluding carboxylic acids is 1. The quantitative estimate of drug-likeness (QED) is 0.918. The zero-order chi connectivity index (χ0) is 15.9. The molecular weight excluding hydrogens is 314 g/mol. The first kappa shape index (κ1) is 14.8. The molecule has 122 valence electrons. The van der Waals surface area contributed by atoms with Crippen LogP contribution in [0.25, 0.3) is 0 Å². The first-order valence-electron chi connectivity index (χ1n) is 8.01. The lowest BCUT2D eigenvalue weighted by Crippen LogP contribution is -2.34. The largest absolute Gasteiger partial charge is 0.339 e. The van der Waals surface area contributed by atoms with E-state index < -0.39 is 5.54 Å². The Balaban J connectivity index is 1.47. The van der Waals surface area contributed by atoms with Gasteiger partial charge in [-0.1, -0.05) is 18.0 Å². The van der Waals surface area contributed by atoms with Gasteiger partial charge in [-0.05, 0) is 19.3 Å². The predicted octanol–water partition coefficient (Wildman–Crippen LogP) is 1.97. The number of hydrogen-bond donors (Lipinski definition) is 1. The maximum absolute atomic E-state index is 11.8. The van der Waals surface area contributed by atoms with Gasteiger partial charge in [0.15, 0.2) is 11.0 Å². The van der Waals surface area contributed by atoms with Gasteiger partial charge in [0.05, 0.1) is 17.7 Å². The molecule has 0 atom stereocenters. The van der Waals surface area contributed by atoms with E-state index in [9.17, 15) is 4.79 Å². The van der Waals surface area contributed by atoms with Gasteiger partial charge in [-0.2, -0.15) is 4.98 Å². The van der Waals surface area contributed by atoms with Crippen molar-refractivity contribution in [3.05, 3.63) is 22.8 Å². The number of thiazole rings is 1. The molecule has 0 unspecified atom stereocenters. The SMILES string of the molecule is NC1(c2noc(Cc3csc(N4CCCC4=O)n3)n2)CCCC1. The topological polar surface area (TPSA) is 98.1 Å². The molecule has 1 aliphatic carbocycles. The molecule has 2 fully saturated rings. The summed E-state index contributed by atoms with van der Waals surface area (Å²) < 4.78 is 5.35. The molecule has 1 aliphatic heterocycles. The second-order valence-electron chi connectivity index (χ2n) is 6.32. The minimum Gasteiger partial charge on any atom is -0.339 e. The molecule has 0 spiro atoms. The summed E-state index contributed by atoms with van der Waals surface area (Å²) in [5.74, 6) is 1.29. The van der Waals surface area contributed by atoms with Crippen LogP contribution in [0.2, 0.25) is 0 Å². The van der Waals surface area contributed by atoms with Gasteiger partial charge in [0, 0.05) is 18.3 Å². The highest BCUT2D eigenvalue weighted by Gasteiger charge is 2.36. The molecule has 2 aromatic rings. The van der Waals surface area contributed by atoms with E-state index in [-0.39, 0.29) is 5.91 Å². The van der Waals surface area contributed by atoms with Gasteiger partial charge in [-0.3, -0.25) is 9.69 Å². The van der Waals surface area contributed by atoms with Crippen LogP contribution < -0.4 is 10.6 Å². The molecule has 2 N–H and O–H groups in total. The summed E-state index contributed by atoms with van der Waals surface area (Å²) in [6, 6.07) is 0. The molecule has 3 heterocycles. The van der Waals surface area contributed by atoms with Crippen LogP contribution in [-0.2, 0) is 16.8 Å². The van der Waals surface area contributed by atoms with E-state index in [1.54, 1.807) is 4.90 Å². The molecular formula is C15H19N5O2S. The van der Waals surface area contributed by atoms with E-state index in [0.29, 0.717) is 24.6 Å². The van der Waals surface area contributed by atoms with Crippen molar-refractivity contribution >= 4 is 22.4 Å². The molecule has 2 aromatic heterocycles. The normalized spacial score (nSPS) is 20.6. The van der Waals surface area contributed by atoms with Gasteiger partial charge < -0.3 is 10.3 Å². The second kappa shape index (κ2) is 5.68. The van der Waals surface area contributed by atoms with Crippen molar-refractivity contribution in [3.8, 4) is 0 Å². The fraction of sp³-hybridized carbons (Fsp3) is 0.600. The van der Waals surface area contributed by atoms with Crippen LogP contribution >= 0.6 is 11.3 Å². The van der Waals surface area contributed by atoms with Crippen molar-refractivity contribution in [2.75, 3.05) is 11.4 Å². The molecule has 4 rings (SSSR count). The van der Waals surface area contributed by atoms with Crippen molar-refractivity contribution < 1.29 is 9.32 Å². The van der Waals surface area contributed by atoms with Crippen molar-refractivity contribution in [1.82, 2.24) is 15.1 Å². The average molecular weight is 333 g/mol. The summed E-state index contributed by atoms with van der Waals surface area (Å²) in [7, 11) is 0. The third-order valence-electron chi connectivity index (χ3n) is 4.59. The van der Waals surface area contributed by atoms with E-state index in [1.807, 2.05) is 5.38 Å². The Morgan fingerprint density at radius 3 is 2.87 bits per heavy atom. The van der Waals surface area contributed by atoms with Crippen LogP contribution in [0.5, 0.6) is 0 Å². The Morgan fingerprint density at radius 1 is 1.30 bits per heavy atom. The smallest absolute Gasteiger partial charge is 0.232 e. The Hall–Kier alpha value is -1.80. The number of nitrogens with zero attached hydrogens (tertiary/aromatic N) is 4. The lowest BCUT2D eigenvalue weighted by atomic mass is 9.99. The Bertz CT molecular complexity index is 719. The number of amides is 1. The van der Waals surface area contributed by atoms with Gasteiger partial charge in [0.1, 0.15) is 0 Å². The first-order chi connectivity index (χ1) is 11.1. The molecule has 7 nitrogen and oxygen atoms in total. The Kier molecular flexibility index (Phi) is 3.65. The molecule has 8 heteroatoms. The van der Waals surface area contributed by atoms with Gasteiger partial charge in [0.2, 0.25) is 11.8 Å². The third kappa shape index (κ3) is 2.76. The van der Waals surface area contributed by atoms with E-state index in [4.69, 9.17) is 10.3 Å².